The number of nitriles is 1. The third-order valence-corrected chi connectivity index (χ3v) is 3.12. The Morgan fingerprint density at radius 2 is 2.07 bits per heavy atom. The van der Waals surface area contributed by atoms with Crippen molar-refractivity contribution in [1.29, 1.82) is 5.26 Å². The maximum Gasteiger partial charge on any atom is 0.121 e. The average molecular weight is 241 g/mol. The van der Waals surface area contributed by atoms with Crippen molar-refractivity contribution in [2.75, 3.05) is 0 Å². The molecule has 1 fully saturated rings. The third kappa shape index (κ3) is 2.63. The summed E-state index contributed by atoms with van der Waals surface area (Å²) in [4.78, 5) is 0. The quantitative estimate of drug-likeness (QED) is 0.881. The molecule has 1 aliphatic carbocycles. The Kier molecular flexibility index (Phi) is 3.16. The summed E-state index contributed by atoms with van der Waals surface area (Å²) < 4.78 is 0. The van der Waals surface area contributed by atoms with E-state index in [-0.39, 0.29) is 6.04 Å². The molecule has 0 heterocycles. The smallest absolute Gasteiger partial charge is 0.121 e. The Morgan fingerprint density at radius 3 is 2.60 bits per heavy atom. The van der Waals surface area contributed by atoms with E-state index in [2.05, 4.69) is 11.4 Å². The lowest BCUT2D eigenvalue weighted by atomic mass is 10.1. The molecule has 1 unspecified atom stereocenters. The van der Waals surface area contributed by atoms with Crippen LogP contribution in [0.4, 0.5) is 0 Å². The van der Waals surface area contributed by atoms with E-state index < -0.39 is 0 Å². The number of hydrogen-bond acceptors (Lipinski definition) is 2. The van der Waals surface area contributed by atoms with Crippen molar-refractivity contribution in [2.45, 2.75) is 24.9 Å². The maximum atomic E-state index is 9.03. The van der Waals surface area contributed by atoms with Crippen LogP contribution in [0.1, 0.15) is 24.4 Å². The molecule has 1 saturated carbocycles. The molecule has 4 heteroatoms. The summed E-state index contributed by atoms with van der Waals surface area (Å²) in [6, 6.07) is 7.72. The summed E-state index contributed by atoms with van der Waals surface area (Å²) in [5.74, 6) is 0. The van der Waals surface area contributed by atoms with E-state index in [1.54, 1.807) is 12.1 Å². The van der Waals surface area contributed by atoms with Crippen molar-refractivity contribution in [3.05, 3.63) is 33.8 Å². The molecule has 1 atom stereocenters. The Balaban J connectivity index is 2.18. The van der Waals surface area contributed by atoms with Gasteiger partial charge in [-0.3, -0.25) is 5.32 Å². The largest absolute Gasteiger partial charge is 0.295 e. The number of halogens is 2. The van der Waals surface area contributed by atoms with E-state index in [1.807, 2.05) is 6.07 Å². The summed E-state index contributed by atoms with van der Waals surface area (Å²) >= 11 is 11.7. The van der Waals surface area contributed by atoms with E-state index >= 15 is 0 Å². The van der Waals surface area contributed by atoms with Crippen LogP contribution in [-0.2, 0) is 0 Å². The van der Waals surface area contributed by atoms with Crippen molar-refractivity contribution < 1.29 is 0 Å². The summed E-state index contributed by atoms with van der Waals surface area (Å²) in [6.45, 7) is 0. The highest BCUT2D eigenvalue weighted by atomic mass is 35.5. The van der Waals surface area contributed by atoms with Gasteiger partial charge >= 0.3 is 0 Å². The molecule has 0 aromatic heterocycles. The second kappa shape index (κ2) is 4.40. The Morgan fingerprint density at radius 1 is 1.33 bits per heavy atom. The highest BCUT2D eigenvalue weighted by Crippen LogP contribution is 2.28. The van der Waals surface area contributed by atoms with Gasteiger partial charge in [0.1, 0.15) is 6.04 Å². The van der Waals surface area contributed by atoms with Gasteiger partial charge in [0.05, 0.1) is 16.1 Å². The molecule has 1 aliphatic rings. The van der Waals surface area contributed by atoms with Crippen LogP contribution in [0.3, 0.4) is 0 Å². The predicted molar refractivity (Wildman–Crippen MR) is 61.0 cm³/mol. The van der Waals surface area contributed by atoms with Gasteiger partial charge in [0.2, 0.25) is 0 Å². The van der Waals surface area contributed by atoms with Crippen LogP contribution in [0, 0.1) is 11.3 Å². The lowest BCUT2D eigenvalue weighted by molar-refractivity contribution is 0.626. The van der Waals surface area contributed by atoms with E-state index in [0.717, 1.165) is 18.4 Å². The zero-order valence-electron chi connectivity index (χ0n) is 8.00. The molecule has 1 aromatic carbocycles. The van der Waals surface area contributed by atoms with Gasteiger partial charge in [-0.1, -0.05) is 29.3 Å². The summed E-state index contributed by atoms with van der Waals surface area (Å²) in [7, 11) is 0. The number of nitrogens with zero attached hydrogens (tertiary/aromatic N) is 1. The summed E-state index contributed by atoms with van der Waals surface area (Å²) in [5, 5.41) is 13.3. The Labute approximate surface area is 98.8 Å². The van der Waals surface area contributed by atoms with Gasteiger partial charge in [0, 0.05) is 6.04 Å². The van der Waals surface area contributed by atoms with Gasteiger partial charge in [-0.05, 0) is 30.5 Å². The number of benzene rings is 1. The summed E-state index contributed by atoms with van der Waals surface area (Å²) in [6.07, 6.45) is 2.30. The zero-order chi connectivity index (χ0) is 10.8. The van der Waals surface area contributed by atoms with Gasteiger partial charge in [-0.15, -0.1) is 0 Å². The first-order valence-electron chi connectivity index (χ1n) is 4.81. The lowest BCUT2D eigenvalue weighted by Crippen LogP contribution is -2.21. The van der Waals surface area contributed by atoms with Gasteiger partial charge in [0.25, 0.3) is 0 Å². The molecule has 2 nitrogen and oxygen atoms in total. The molecule has 0 saturated heterocycles. The molecule has 1 aromatic rings. The summed E-state index contributed by atoms with van der Waals surface area (Å²) in [5.41, 5.74) is 0.874. The van der Waals surface area contributed by atoms with Crippen LogP contribution in [0.25, 0.3) is 0 Å². The van der Waals surface area contributed by atoms with E-state index in [1.165, 1.54) is 0 Å². The van der Waals surface area contributed by atoms with Gasteiger partial charge in [-0.25, -0.2) is 0 Å². The number of rotatable bonds is 3. The lowest BCUT2D eigenvalue weighted by Gasteiger charge is -2.11. The fourth-order valence-corrected chi connectivity index (χ4v) is 1.69. The second-order valence-electron chi connectivity index (χ2n) is 3.68. The number of hydrogen-bond donors (Lipinski definition) is 1. The molecular formula is C11H10Cl2N2. The van der Waals surface area contributed by atoms with Crippen LogP contribution >= 0.6 is 23.2 Å². The van der Waals surface area contributed by atoms with Gasteiger partial charge < -0.3 is 0 Å². The van der Waals surface area contributed by atoms with Crippen LogP contribution in [0.2, 0.25) is 10.0 Å². The molecule has 0 amide bonds. The molecule has 78 valence electrons. The molecule has 0 spiro atoms. The maximum absolute atomic E-state index is 9.03. The van der Waals surface area contributed by atoms with Crippen LogP contribution < -0.4 is 5.32 Å². The minimum atomic E-state index is -0.285. The number of nitrogens with one attached hydrogen (secondary N) is 1. The first-order valence-corrected chi connectivity index (χ1v) is 5.57. The van der Waals surface area contributed by atoms with Crippen molar-refractivity contribution >= 4 is 23.2 Å². The normalized spacial score (nSPS) is 17.1. The van der Waals surface area contributed by atoms with E-state index in [4.69, 9.17) is 28.5 Å². The molecule has 0 radical (unpaired) electrons. The monoisotopic (exact) mass is 240 g/mol. The first kappa shape index (κ1) is 10.8. The van der Waals surface area contributed by atoms with Crippen molar-refractivity contribution in [1.82, 2.24) is 5.32 Å². The standard InChI is InChI=1S/C11H10Cl2N2/c12-9-4-1-7(5-10(9)13)11(6-14)15-8-2-3-8/h1,4-5,8,11,15H,2-3H2. The Bertz CT molecular complexity index is 408. The van der Waals surface area contributed by atoms with E-state index in [9.17, 15) is 0 Å². The van der Waals surface area contributed by atoms with Gasteiger partial charge in [0.15, 0.2) is 0 Å². The minimum Gasteiger partial charge on any atom is -0.295 e. The topological polar surface area (TPSA) is 35.8 Å². The molecule has 0 aliphatic heterocycles. The van der Waals surface area contributed by atoms with Crippen molar-refractivity contribution in [2.24, 2.45) is 0 Å². The molecule has 1 N–H and O–H groups in total. The SMILES string of the molecule is N#CC(NC1CC1)c1ccc(Cl)c(Cl)c1. The third-order valence-electron chi connectivity index (χ3n) is 2.39. The Hall–Kier alpha value is -0.750. The average Bonchev–Trinajstić information content (AvgIpc) is 3.02. The van der Waals surface area contributed by atoms with Crippen molar-refractivity contribution in [3.63, 3.8) is 0 Å². The van der Waals surface area contributed by atoms with Crippen LogP contribution in [0.15, 0.2) is 18.2 Å². The molecule has 15 heavy (non-hydrogen) atoms. The van der Waals surface area contributed by atoms with Gasteiger partial charge in [-0.2, -0.15) is 5.26 Å². The second-order valence-corrected chi connectivity index (χ2v) is 4.49. The van der Waals surface area contributed by atoms with Crippen molar-refractivity contribution in [3.8, 4) is 6.07 Å². The zero-order valence-corrected chi connectivity index (χ0v) is 9.52. The highest BCUT2D eigenvalue weighted by molar-refractivity contribution is 6.42. The fourth-order valence-electron chi connectivity index (χ4n) is 1.39. The van der Waals surface area contributed by atoms with Crippen LogP contribution in [0.5, 0.6) is 0 Å². The highest BCUT2D eigenvalue weighted by Gasteiger charge is 2.25. The molecular weight excluding hydrogens is 231 g/mol. The minimum absolute atomic E-state index is 0.285. The van der Waals surface area contributed by atoms with Crippen LogP contribution in [-0.4, -0.2) is 6.04 Å². The first-order chi connectivity index (χ1) is 7.20. The molecule has 0 bridgehead atoms. The predicted octanol–water partition coefficient (Wildman–Crippen LogP) is 3.31. The molecule has 2 rings (SSSR count). The fraction of sp³-hybridized carbons (Fsp3) is 0.364. The van der Waals surface area contributed by atoms with E-state index in [0.29, 0.717) is 16.1 Å².